The minimum atomic E-state index is 0.609. The molecule has 2 aromatic carbocycles. The first-order chi connectivity index (χ1) is 13.2. The SMILES string of the molecule is CN(CCc1ccccc1)C1CC=C(c2c[nH]c3ccc(C#N)cc23)CC1. The average molecular weight is 355 g/mol. The molecule has 4 rings (SSSR count). The van der Waals surface area contributed by atoms with Crippen LogP contribution in [0.2, 0.25) is 0 Å². The van der Waals surface area contributed by atoms with E-state index in [1.807, 2.05) is 18.2 Å². The number of nitrogens with one attached hydrogen (secondary N) is 1. The molecule has 27 heavy (non-hydrogen) atoms. The zero-order chi connectivity index (χ0) is 18.6. The maximum Gasteiger partial charge on any atom is 0.0991 e. The summed E-state index contributed by atoms with van der Waals surface area (Å²) in [5.41, 5.74) is 5.89. The van der Waals surface area contributed by atoms with Gasteiger partial charge in [-0.25, -0.2) is 0 Å². The number of fused-ring (bicyclic) bond motifs is 1. The number of likely N-dealkylation sites (N-methyl/N-ethyl adjacent to an activating group) is 1. The molecule has 1 aromatic heterocycles. The van der Waals surface area contributed by atoms with Gasteiger partial charge in [0.25, 0.3) is 0 Å². The number of nitriles is 1. The van der Waals surface area contributed by atoms with Crippen molar-refractivity contribution in [1.82, 2.24) is 9.88 Å². The molecule has 0 radical (unpaired) electrons. The van der Waals surface area contributed by atoms with E-state index in [9.17, 15) is 5.26 Å². The largest absolute Gasteiger partial charge is 0.361 e. The molecule has 1 heterocycles. The monoisotopic (exact) mass is 355 g/mol. The maximum absolute atomic E-state index is 9.18. The van der Waals surface area contributed by atoms with Gasteiger partial charge in [0.15, 0.2) is 0 Å². The van der Waals surface area contributed by atoms with Gasteiger partial charge < -0.3 is 9.88 Å². The van der Waals surface area contributed by atoms with Crippen LogP contribution in [0.4, 0.5) is 0 Å². The zero-order valence-electron chi connectivity index (χ0n) is 15.8. The minimum Gasteiger partial charge on any atom is -0.361 e. The molecule has 0 bridgehead atoms. The number of benzene rings is 2. The van der Waals surface area contributed by atoms with Gasteiger partial charge in [0.2, 0.25) is 0 Å². The zero-order valence-corrected chi connectivity index (χ0v) is 15.8. The third-order valence-corrected chi connectivity index (χ3v) is 5.76. The molecule has 0 saturated heterocycles. The Morgan fingerprint density at radius 3 is 2.78 bits per heavy atom. The van der Waals surface area contributed by atoms with E-state index in [0.29, 0.717) is 6.04 Å². The Bertz CT molecular complexity index is 991. The number of aromatic nitrogens is 1. The Morgan fingerprint density at radius 1 is 1.19 bits per heavy atom. The van der Waals surface area contributed by atoms with Gasteiger partial charge in [-0.05, 0) is 62.1 Å². The lowest BCUT2D eigenvalue weighted by molar-refractivity contribution is 0.232. The third-order valence-electron chi connectivity index (χ3n) is 5.76. The van der Waals surface area contributed by atoms with Crippen molar-refractivity contribution < 1.29 is 0 Å². The van der Waals surface area contributed by atoms with E-state index >= 15 is 0 Å². The molecule has 136 valence electrons. The molecule has 3 aromatic rings. The number of hydrogen-bond donors (Lipinski definition) is 1. The van der Waals surface area contributed by atoms with Crippen LogP contribution in [-0.4, -0.2) is 29.5 Å². The van der Waals surface area contributed by atoms with Gasteiger partial charge in [0, 0.05) is 35.2 Å². The number of nitrogens with zero attached hydrogens (tertiary/aromatic N) is 2. The van der Waals surface area contributed by atoms with Crippen molar-refractivity contribution in [1.29, 1.82) is 5.26 Å². The van der Waals surface area contributed by atoms with Crippen molar-refractivity contribution >= 4 is 16.5 Å². The summed E-state index contributed by atoms with van der Waals surface area (Å²) in [6.45, 7) is 1.09. The molecule has 1 aliphatic rings. The van der Waals surface area contributed by atoms with Crippen LogP contribution in [0.1, 0.15) is 36.0 Å². The van der Waals surface area contributed by atoms with Gasteiger partial charge in [-0.3, -0.25) is 0 Å². The second kappa shape index (κ2) is 7.82. The molecule has 0 saturated carbocycles. The van der Waals surface area contributed by atoms with E-state index in [-0.39, 0.29) is 0 Å². The summed E-state index contributed by atoms with van der Waals surface area (Å²) >= 11 is 0. The molecule has 1 aliphatic carbocycles. The van der Waals surface area contributed by atoms with E-state index in [1.165, 1.54) is 23.1 Å². The number of H-pyrrole nitrogens is 1. The lowest BCUT2D eigenvalue weighted by Crippen LogP contribution is -2.34. The molecule has 1 unspecified atom stereocenters. The number of allylic oxidation sites excluding steroid dienone is 1. The standard InChI is InChI=1S/C24H25N3/c1-27(14-13-18-5-3-2-4-6-18)21-10-8-20(9-11-21)23-17-26-24-12-7-19(16-25)15-22(23)24/h2-8,12,15,17,21,26H,9-11,13-14H2,1H3. The summed E-state index contributed by atoms with van der Waals surface area (Å²) in [7, 11) is 2.25. The summed E-state index contributed by atoms with van der Waals surface area (Å²) in [5, 5.41) is 10.3. The van der Waals surface area contributed by atoms with Crippen molar-refractivity contribution in [2.45, 2.75) is 31.7 Å². The van der Waals surface area contributed by atoms with Crippen LogP contribution in [0.3, 0.4) is 0 Å². The second-order valence-electron chi connectivity index (χ2n) is 7.45. The van der Waals surface area contributed by atoms with Crippen molar-refractivity contribution in [2.24, 2.45) is 0 Å². The first-order valence-electron chi connectivity index (χ1n) is 9.69. The number of rotatable bonds is 5. The van der Waals surface area contributed by atoms with E-state index in [1.54, 1.807) is 0 Å². The fourth-order valence-corrected chi connectivity index (χ4v) is 4.05. The smallest absolute Gasteiger partial charge is 0.0991 e. The second-order valence-corrected chi connectivity index (χ2v) is 7.45. The van der Waals surface area contributed by atoms with Crippen LogP contribution >= 0.6 is 0 Å². The highest BCUT2D eigenvalue weighted by Crippen LogP contribution is 2.33. The highest BCUT2D eigenvalue weighted by atomic mass is 15.1. The van der Waals surface area contributed by atoms with Gasteiger partial charge >= 0.3 is 0 Å². The highest BCUT2D eigenvalue weighted by molar-refractivity contribution is 5.93. The van der Waals surface area contributed by atoms with E-state index < -0.39 is 0 Å². The predicted octanol–water partition coefficient (Wildman–Crippen LogP) is 5.15. The number of aromatic amines is 1. The van der Waals surface area contributed by atoms with Gasteiger partial charge in [0.05, 0.1) is 11.6 Å². The van der Waals surface area contributed by atoms with E-state index in [4.69, 9.17) is 0 Å². The molecule has 3 heteroatoms. The molecular formula is C24H25N3. The summed E-state index contributed by atoms with van der Waals surface area (Å²) in [6.07, 6.45) is 8.95. The summed E-state index contributed by atoms with van der Waals surface area (Å²) in [5.74, 6) is 0. The first kappa shape index (κ1) is 17.6. The van der Waals surface area contributed by atoms with Gasteiger partial charge in [0.1, 0.15) is 0 Å². The summed E-state index contributed by atoms with van der Waals surface area (Å²) in [6, 6.07) is 19.4. The van der Waals surface area contributed by atoms with Crippen LogP contribution in [-0.2, 0) is 6.42 Å². The predicted molar refractivity (Wildman–Crippen MR) is 111 cm³/mol. The molecule has 1 atom stereocenters. The third kappa shape index (κ3) is 3.82. The average Bonchev–Trinajstić information content (AvgIpc) is 3.16. The van der Waals surface area contributed by atoms with Crippen molar-refractivity contribution in [3.05, 3.63) is 77.5 Å². The van der Waals surface area contributed by atoms with E-state index in [0.717, 1.165) is 42.3 Å². The van der Waals surface area contributed by atoms with Crippen molar-refractivity contribution in [3.8, 4) is 6.07 Å². The van der Waals surface area contributed by atoms with Crippen molar-refractivity contribution in [2.75, 3.05) is 13.6 Å². The van der Waals surface area contributed by atoms with Gasteiger partial charge in [-0.1, -0.05) is 36.4 Å². The number of hydrogen-bond acceptors (Lipinski definition) is 2. The van der Waals surface area contributed by atoms with E-state index in [2.05, 4.69) is 65.6 Å². The van der Waals surface area contributed by atoms with Gasteiger partial charge in [-0.2, -0.15) is 5.26 Å². The molecule has 0 spiro atoms. The first-order valence-corrected chi connectivity index (χ1v) is 9.69. The Hall–Kier alpha value is -2.83. The lowest BCUT2D eigenvalue weighted by Gasteiger charge is -2.30. The van der Waals surface area contributed by atoms with Crippen molar-refractivity contribution in [3.63, 3.8) is 0 Å². The fourth-order valence-electron chi connectivity index (χ4n) is 4.05. The lowest BCUT2D eigenvalue weighted by atomic mass is 9.89. The van der Waals surface area contributed by atoms with Crippen LogP contribution in [0.5, 0.6) is 0 Å². The summed E-state index contributed by atoms with van der Waals surface area (Å²) in [4.78, 5) is 5.85. The topological polar surface area (TPSA) is 42.8 Å². The molecule has 1 N–H and O–H groups in total. The quantitative estimate of drug-likeness (QED) is 0.688. The molecule has 0 fully saturated rings. The Kier molecular flexibility index (Phi) is 5.09. The Balaban J connectivity index is 1.43. The van der Waals surface area contributed by atoms with Gasteiger partial charge in [-0.15, -0.1) is 0 Å². The fraction of sp³-hybridized carbons (Fsp3) is 0.292. The Labute approximate surface area is 160 Å². The van der Waals surface area contributed by atoms with Crippen LogP contribution in [0.25, 0.3) is 16.5 Å². The molecular weight excluding hydrogens is 330 g/mol. The molecule has 3 nitrogen and oxygen atoms in total. The summed E-state index contributed by atoms with van der Waals surface area (Å²) < 4.78 is 0. The van der Waals surface area contributed by atoms with Crippen LogP contribution < -0.4 is 0 Å². The normalized spacial score (nSPS) is 17.1. The van der Waals surface area contributed by atoms with Crippen LogP contribution in [0.15, 0.2) is 60.8 Å². The molecule has 0 aliphatic heterocycles. The maximum atomic E-state index is 9.18. The van der Waals surface area contributed by atoms with Crippen LogP contribution in [0, 0.1) is 11.3 Å². The molecule has 0 amide bonds. The Morgan fingerprint density at radius 2 is 2.04 bits per heavy atom. The minimum absolute atomic E-state index is 0.609. The highest BCUT2D eigenvalue weighted by Gasteiger charge is 2.20.